The zero-order valence-electron chi connectivity index (χ0n) is 18.9. The molecule has 0 saturated carbocycles. The van der Waals surface area contributed by atoms with Crippen molar-refractivity contribution in [3.05, 3.63) is 72.8 Å². The second-order valence-corrected chi connectivity index (χ2v) is 10.8. The molecule has 0 amide bonds. The van der Waals surface area contributed by atoms with E-state index in [1.165, 1.54) is 39.5 Å². The molecular formula is C29H30O2S2. The molecule has 0 fully saturated rings. The summed E-state index contributed by atoms with van der Waals surface area (Å²) in [5.41, 5.74) is 2.29. The summed E-state index contributed by atoms with van der Waals surface area (Å²) >= 11 is 4.10. The van der Waals surface area contributed by atoms with Gasteiger partial charge in [-0.25, -0.2) is 0 Å². The zero-order chi connectivity index (χ0) is 22.3. The number of rotatable bonds is 0. The van der Waals surface area contributed by atoms with Gasteiger partial charge in [-0.2, -0.15) is 23.5 Å². The highest BCUT2D eigenvalue weighted by Gasteiger charge is 2.19. The molecule has 2 nitrogen and oxygen atoms in total. The van der Waals surface area contributed by atoms with E-state index in [1.807, 2.05) is 23.5 Å². The highest BCUT2D eigenvalue weighted by atomic mass is 32.2. The van der Waals surface area contributed by atoms with Crippen LogP contribution in [0.25, 0.3) is 32.7 Å². The van der Waals surface area contributed by atoms with Crippen molar-refractivity contribution in [3.8, 4) is 22.6 Å². The Morgan fingerprint density at radius 1 is 0.485 bits per heavy atom. The molecule has 4 aromatic carbocycles. The first-order chi connectivity index (χ1) is 16.4. The number of ether oxygens (including phenoxy) is 2. The molecule has 0 spiro atoms. The van der Waals surface area contributed by atoms with E-state index in [0.29, 0.717) is 0 Å². The lowest BCUT2D eigenvalue weighted by Gasteiger charge is -2.20. The van der Waals surface area contributed by atoms with Crippen LogP contribution in [0.15, 0.2) is 72.8 Å². The Hall–Kier alpha value is -2.30. The average molecular weight is 475 g/mol. The number of benzene rings is 4. The smallest absolute Gasteiger partial charge is 0.127 e. The minimum Gasteiger partial charge on any atom is -0.493 e. The molecule has 1 aliphatic rings. The Balaban J connectivity index is 1.65. The summed E-state index contributed by atoms with van der Waals surface area (Å²) in [6, 6.07) is 25.8. The first-order valence-electron chi connectivity index (χ1n) is 11.9. The van der Waals surface area contributed by atoms with Crippen molar-refractivity contribution >= 4 is 45.1 Å². The Labute approximate surface area is 205 Å². The summed E-state index contributed by atoms with van der Waals surface area (Å²) in [5.74, 6) is 6.66. The number of thioether (sulfide) groups is 2. The van der Waals surface area contributed by atoms with E-state index in [2.05, 4.69) is 72.8 Å². The molecule has 0 atom stereocenters. The van der Waals surface area contributed by atoms with Gasteiger partial charge in [0.25, 0.3) is 0 Å². The lowest BCUT2D eigenvalue weighted by Crippen LogP contribution is -2.03. The Kier molecular flexibility index (Phi) is 7.64. The third kappa shape index (κ3) is 5.28. The van der Waals surface area contributed by atoms with Crippen molar-refractivity contribution in [2.75, 3.05) is 36.2 Å². The second-order valence-electron chi connectivity index (χ2n) is 8.30. The summed E-state index contributed by atoms with van der Waals surface area (Å²) in [6.45, 7) is 1.46. The molecule has 0 unspecified atom stereocenters. The molecule has 4 heteroatoms. The third-order valence-corrected chi connectivity index (χ3v) is 8.30. The van der Waals surface area contributed by atoms with Crippen LogP contribution in [0.2, 0.25) is 0 Å². The summed E-state index contributed by atoms with van der Waals surface area (Å²) < 4.78 is 12.9. The minimum absolute atomic E-state index is 0.730. The average Bonchev–Trinajstić information content (AvgIpc) is 2.86. The normalized spacial score (nSPS) is 16.2. The van der Waals surface area contributed by atoms with Crippen LogP contribution < -0.4 is 9.47 Å². The molecule has 5 rings (SSSR count). The Bertz CT molecular complexity index is 1130. The van der Waals surface area contributed by atoms with Crippen molar-refractivity contribution in [2.45, 2.75) is 19.3 Å². The predicted molar refractivity (Wildman–Crippen MR) is 146 cm³/mol. The van der Waals surface area contributed by atoms with Crippen molar-refractivity contribution in [3.63, 3.8) is 0 Å². The van der Waals surface area contributed by atoms with Crippen molar-refractivity contribution in [1.82, 2.24) is 0 Å². The first-order valence-corrected chi connectivity index (χ1v) is 14.2. The SMILES string of the molecule is c1ccc2c3c(ccc2c1)OCCCSCCCSCCCOc1ccc2ccccc2c1-3. The molecule has 0 aliphatic carbocycles. The zero-order valence-corrected chi connectivity index (χ0v) is 20.6. The van der Waals surface area contributed by atoms with Gasteiger partial charge in [0.1, 0.15) is 11.5 Å². The summed E-state index contributed by atoms with van der Waals surface area (Å²) in [7, 11) is 0. The maximum absolute atomic E-state index is 6.45. The summed E-state index contributed by atoms with van der Waals surface area (Å²) in [4.78, 5) is 0. The van der Waals surface area contributed by atoms with Crippen molar-refractivity contribution < 1.29 is 9.47 Å². The molecule has 0 N–H and O–H groups in total. The molecule has 0 bridgehead atoms. The van der Waals surface area contributed by atoms with Gasteiger partial charge in [-0.05, 0) is 76.0 Å². The standard InChI is InChI=1S/C29H30O2S2/c1-3-10-24-22(8-1)12-14-26-28(24)29-25-11-4-2-9-23(25)13-15-27(29)31-17-6-19-33-21-7-20-32-18-5-16-30-26/h1-4,8-15H,5-7,16-21H2. The summed E-state index contributed by atoms with van der Waals surface area (Å²) in [6.07, 6.45) is 3.40. The molecular weight excluding hydrogens is 444 g/mol. The number of hydrogen-bond donors (Lipinski definition) is 0. The second kappa shape index (κ2) is 11.2. The predicted octanol–water partition coefficient (Wildman–Crippen LogP) is 8.07. The lowest BCUT2D eigenvalue weighted by molar-refractivity contribution is 0.316. The van der Waals surface area contributed by atoms with Gasteiger partial charge in [0.2, 0.25) is 0 Å². The minimum atomic E-state index is 0.730. The highest BCUT2D eigenvalue weighted by molar-refractivity contribution is 8.00. The maximum atomic E-state index is 6.45. The molecule has 0 aromatic heterocycles. The van der Waals surface area contributed by atoms with Crippen LogP contribution in [0.3, 0.4) is 0 Å². The largest absolute Gasteiger partial charge is 0.493 e. The summed E-state index contributed by atoms with van der Waals surface area (Å²) in [5, 5.41) is 4.85. The van der Waals surface area contributed by atoms with Gasteiger partial charge in [0.15, 0.2) is 0 Å². The third-order valence-electron chi connectivity index (χ3n) is 5.99. The molecule has 170 valence electrons. The maximum Gasteiger partial charge on any atom is 0.127 e. The van der Waals surface area contributed by atoms with Crippen LogP contribution in [-0.4, -0.2) is 36.2 Å². The van der Waals surface area contributed by atoms with Gasteiger partial charge in [-0.1, -0.05) is 60.7 Å². The Morgan fingerprint density at radius 2 is 0.939 bits per heavy atom. The fourth-order valence-corrected chi connectivity index (χ4v) is 6.34. The van der Waals surface area contributed by atoms with E-state index < -0.39 is 0 Å². The first kappa shape index (κ1) is 22.5. The van der Waals surface area contributed by atoms with Crippen LogP contribution in [-0.2, 0) is 0 Å². The molecule has 1 aliphatic heterocycles. The molecule has 33 heavy (non-hydrogen) atoms. The fraction of sp³-hybridized carbons (Fsp3) is 0.310. The topological polar surface area (TPSA) is 18.5 Å². The fourth-order valence-electron chi connectivity index (χ4n) is 4.41. The van der Waals surface area contributed by atoms with Gasteiger partial charge in [-0.3, -0.25) is 0 Å². The highest BCUT2D eigenvalue weighted by Crippen LogP contribution is 2.45. The molecule has 1 heterocycles. The van der Waals surface area contributed by atoms with Gasteiger partial charge < -0.3 is 9.47 Å². The van der Waals surface area contributed by atoms with Crippen LogP contribution >= 0.6 is 23.5 Å². The van der Waals surface area contributed by atoms with E-state index in [1.54, 1.807) is 0 Å². The van der Waals surface area contributed by atoms with Gasteiger partial charge in [0, 0.05) is 11.1 Å². The molecule has 0 radical (unpaired) electrons. The van der Waals surface area contributed by atoms with Crippen molar-refractivity contribution in [1.29, 1.82) is 0 Å². The quantitative estimate of drug-likeness (QED) is 0.256. The van der Waals surface area contributed by atoms with Crippen LogP contribution in [0.5, 0.6) is 11.5 Å². The van der Waals surface area contributed by atoms with E-state index in [0.717, 1.165) is 60.2 Å². The Morgan fingerprint density at radius 3 is 1.45 bits per heavy atom. The van der Waals surface area contributed by atoms with E-state index in [4.69, 9.17) is 9.47 Å². The van der Waals surface area contributed by atoms with Crippen molar-refractivity contribution in [2.24, 2.45) is 0 Å². The molecule has 0 saturated heterocycles. The number of fused-ring (bicyclic) bond motifs is 7. The van der Waals surface area contributed by atoms with Crippen LogP contribution in [0, 0.1) is 0 Å². The van der Waals surface area contributed by atoms with Gasteiger partial charge >= 0.3 is 0 Å². The lowest BCUT2D eigenvalue weighted by atomic mass is 9.92. The van der Waals surface area contributed by atoms with E-state index >= 15 is 0 Å². The molecule has 4 aromatic rings. The van der Waals surface area contributed by atoms with E-state index in [9.17, 15) is 0 Å². The van der Waals surface area contributed by atoms with Crippen LogP contribution in [0.4, 0.5) is 0 Å². The monoisotopic (exact) mass is 474 g/mol. The van der Waals surface area contributed by atoms with E-state index in [-0.39, 0.29) is 0 Å². The number of hydrogen-bond acceptors (Lipinski definition) is 4. The van der Waals surface area contributed by atoms with Crippen LogP contribution in [0.1, 0.15) is 19.3 Å². The van der Waals surface area contributed by atoms with Gasteiger partial charge in [-0.15, -0.1) is 0 Å². The van der Waals surface area contributed by atoms with Gasteiger partial charge in [0.05, 0.1) is 13.2 Å².